The Labute approximate surface area is 211 Å². The summed E-state index contributed by atoms with van der Waals surface area (Å²) in [6.45, 7) is 1.33. The first-order valence-corrected chi connectivity index (χ1v) is 12.0. The average molecular weight is 514 g/mol. The topological polar surface area (TPSA) is 103 Å². The molecule has 3 aromatic rings. The van der Waals surface area contributed by atoms with Gasteiger partial charge in [0, 0.05) is 31.9 Å². The Morgan fingerprint density at radius 1 is 1.11 bits per heavy atom. The van der Waals surface area contributed by atoms with Crippen molar-refractivity contribution in [3.8, 4) is 11.1 Å². The second-order valence-corrected chi connectivity index (χ2v) is 9.86. The standard InChI is InChI=1S/C26H26F3N5O3/c1-14-22(20(26(27,28)29)8-10-34(14)37)15-3-5-19(6-4-15)31-25(36)23(18-12-16-11-17(16)13-18)32-24(35)21-7-9-30-33(21)2/h3-10,16-18,23H,11-13H2,1-2H3,(H,31,36)(H,32,35)/t16-,17+,18?,23-/m0/s1. The van der Waals surface area contributed by atoms with Gasteiger partial charge in [0.15, 0.2) is 11.9 Å². The van der Waals surface area contributed by atoms with Crippen molar-refractivity contribution in [2.45, 2.75) is 38.4 Å². The number of benzene rings is 1. The van der Waals surface area contributed by atoms with Gasteiger partial charge in [0.25, 0.3) is 5.91 Å². The number of amides is 2. The predicted molar refractivity (Wildman–Crippen MR) is 128 cm³/mol. The second-order valence-electron chi connectivity index (χ2n) is 9.86. The Hall–Kier alpha value is -3.89. The molecule has 8 nitrogen and oxygen atoms in total. The molecule has 2 aromatic heterocycles. The molecule has 2 saturated carbocycles. The molecule has 2 amide bonds. The molecule has 2 fully saturated rings. The van der Waals surface area contributed by atoms with E-state index < -0.39 is 23.7 Å². The largest absolute Gasteiger partial charge is 0.618 e. The predicted octanol–water partition coefficient (Wildman–Crippen LogP) is 3.83. The highest BCUT2D eigenvalue weighted by molar-refractivity contribution is 6.00. The maximum absolute atomic E-state index is 13.6. The lowest BCUT2D eigenvalue weighted by Crippen LogP contribution is -2.48. The first kappa shape index (κ1) is 24.8. The summed E-state index contributed by atoms with van der Waals surface area (Å²) >= 11 is 0. The monoisotopic (exact) mass is 513 g/mol. The second kappa shape index (κ2) is 9.20. The van der Waals surface area contributed by atoms with E-state index in [2.05, 4.69) is 15.7 Å². The van der Waals surface area contributed by atoms with Crippen LogP contribution in [-0.2, 0) is 18.0 Å². The Kier molecular flexibility index (Phi) is 6.17. The molecule has 0 radical (unpaired) electrons. The maximum Gasteiger partial charge on any atom is 0.417 e. The maximum atomic E-state index is 13.6. The van der Waals surface area contributed by atoms with Crippen LogP contribution in [0.4, 0.5) is 18.9 Å². The SMILES string of the molecule is Cc1c(-c2ccc(NC(=O)[C@@H](NC(=O)c3ccnn3C)C3C[C@@H]4C[C@@H]4C3)cc2)c(C(F)(F)F)cc[n+]1[O-]. The molecule has 2 aliphatic carbocycles. The summed E-state index contributed by atoms with van der Waals surface area (Å²) in [6, 6.07) is 7.40. The van der Waals surface area contributed by atoms with Gasteiger partial charge < -0.3 is 15.8 Å². The molecule has 1 aromatic carbocycles. The lowest BCUT2D eigenvalue weighted by Gasteiger charge is -2.25. The molecule has 0 aliphatic heterocycles. The molecule has 11 heteroatoms. The molecule has 37 heavy (non-hydrogen) atoms. The summed E-state index contributed by atoms with van der Waals surface area (Å²) in [5.41, 5.74) is -0.302. The highest BCUT2D eigenvalue weighted by atomic mass is 19.4. The van der Waals surface area contributed by atoms with E-state index in [1.807, 2.05) is 0 Å². The lowest BCUT2D eigenvalue weighted by atomic mass is 9.93. The lowest BCUT2D eigenvalue weighted by molar-refractivity contribution is -0.611. The summed E-state index contributed by atoms with van der Waals surface area (Å²) in [4.78, 5) is 26.2. The number of hydrogen-bond acceptors (Lipinski definition) is 4. The molecular weight excluding hydrogens is 487 g/mol. The molecule has 2 N–H and O–H groups in total. The molecule has 2 aliphatic rings. The average Bonchev–Trinajstić information content (AvgIpc) is 3.21. The number of nitrogens with one attached hydrogen (secondary N) is 2. The van der Waals surface area contributed by atoms with Crippen LogP contribution in [0.3, 0.4) is 0 Å². The number of anilines is 1. The van der Waals surface area contributed by atoms with E-state index in [-0.39, 0.29) is 28.6 Å². The molecule has 5 rings (SSSR count). The number of fused-ring (bicyclic) bond motifs is 1. The van der Waals surface area contributed by atoms with E-state index in [9.17, 15) is 28.0 Å². The van der Waals surface area contributed by atoms with Gasteiger partial charge in [-0.1, -0.05) is 12.1 Å². The van der Waals surface area contributed by atoms with Gasteiger partial charge >= 0.3 is 6.18 Å². The fourth-order valence-corrected chi connectivity index (χ4v) is 5.43. The minimum atomic E-state index is -4.64. The van der Waals surface area contributed by atoms with E-state index in [1.54, 1.807) is 13.1 Å². The summed E-state index contributed by atoms with van der Waals surface area (Å²) in [7, 11) is 1.64. The zero-order chi connectivity index (χ0) is 26.5. The van der Waals surface area contributed by atoms with Gasteiger partial charge in [-0.25, -0.2) is 0 Å². The van der Waals surface area contributed by atoms with Crippen LogP contribution in [-0.4, -0.2) is 27.6 Å². The molecular formula is C26H26F3N5O3. The van der Waals surface area contributed by atoms with Gasteiger partial charge in [0.2, 0.25) is 5.91 Å². The van der Waals surface area contributed by atoms with Gasteiger partial charge in [0.05, 0.1) is 11.1 Å². The van der Waals surface area contributed by atoms with Gasteiger partial charge in [-0.3, -0.25) is 14.3 Å². The van der Waals surface area contributed by atoms with E-state index >= 15 is 0 Å². The quantitative estimate of drug-likeness (QED) is 0.386. The van der Waals surface area contributed by atoms with Gasteiger partial charge in [0.1, 0.15) is 11.7 Å². The zero-order valence-corrected chi connectivity index (χ0v) is 20.2. The Morgan fingerprint density at radius 3 is 2.38 bits per heavy atom. The molecule has 4 atom stereocenters. The smallest absolute Gasteiger partial charge is 0.417 e. The van der Waals surface area contributed by atoms with Crippen molar-refractivity contribution < 1.29 is 27.5 Å². The zero-order valence-electron chi connectivity index (χ0n) is 20.2. The van der Waals surface area contributed by atoms with E-state index in [4.69, 9.17) is 0 Å². The van der Waals surface area contributed by atoms with E-state index in [1.165, 1.54) is 42.1 Å². The first-order chi connectivity index (χ1) is 17.5. The Balaban J connectivity index is 1.36. The number of hydrogen-bond donors (Lipinski definition) is 2. The number of halogens is 3. The van der Waals surface area contributed by atoms with Gasteiger partial charge in [-0.2, -0.15) is 23.0 Å². The molecule has 0 saturated heterocycles. The van der Waals surface area contributed by atoms with Gasteiger partial charge in [-0.15, -0.1) is 0 Å². The highest BCUT2D eigenvalue weighted by Gasteiger charge is 2.49. The number of aromatic nitrogens is 3. The van der Waals surface area contributed by atoms with Crippen molar-refractivity contribution in [1.29, 1.82) is 0 Å². The van der Waals surface area contributed by atoms with E-state index in [0.717, 1.165) is 31.5 Å². The number of carbonyl (C=O) groups excluding carboxylic acids is 2. The third kappa shape index (κ3) is 4.90. The summed E-state index contributed by atoms with van der Waals surface area (Å²) in [5.74, 6) is 0.386. The van der Waals surface area contributed by atoms with Crippen molar-refractivity contribution >= 4 is 17.5 Å². The Morgan fingerprint density at radius 2 is 1.78 bits per heavy atom. The molecule has 2 heterocycles. The van der Waals surface area contributed by atoms with Crippen molar-refractivity contribution in [3.63, 3.8) is 0 Å². The number of carbonyl (C=O) groups is 2. The summed E-state index contributed by atoms with van der Waals surface area (Å²) < 4.78 is 42.6. The third-order valence-corrected chi connectivity index (χ3v) is 7.46. The van der Waals surface area contributed by atoms with Crippen LogP contribution in [0.5, 0.6) is 0 Å². The van der Waals surface area contributed by atoms with Gasteiger partial charge in [-0.05, 0) is 60.8 Å². The molecule has 0 bridgehead atoms. The normalized spacial score (nSPS) is 21.3. The third-order valence-electron chi connectivity index (χ3n) is 7.46. The highest BCUT2D eigenvalue weighted by Crippen LogP contribution is 2.55. The van der Waals surface area contributed by atoms with Crippen LogP contribution in [0.25, 0.3) is 11.1 Å². The van der Waals surface area contributed by atoms with Crippen LogP contribution in [0.1, 0.15) is 41.0 Å². The van der Waals surface area contributed by atoms with Crippen LogP contribution >= 0.6 is 0 Å². The Bertz CT molecular complexity index is 1340. The molecule has 0 spiro atoms. The summed E-state index contributed by atoms with van der Waals surface area (Å²) in [6.07, 6.45) is 0.575. The minimum absolute atomic E-state index is 0.00554. The minimum Gasteiger partial charge on any atom is -0.618 e. The van der Waals surface area contributed by atoms with Crippen molar-refractivity contribution in [2.24, 2.45) is 24.8 Å². The fourth-order valence-electron chi connectivity index (χ4n) is 5.43. The summed E-state index contributed by atoms with van der Waals surface area (Å²) in [5, 5.41) is 21.6. The van der Waals surface area contributed by atoms with E-state index in [0.29, 0.717) is 27.9 Å². The fraction of sp³-hybridized carbons (Fsp3) is 0.385. The number of aryl methyl sites for hydroxylation is 1. The van der Waals surface area contributed by atoms with Crippen molar-refractivity contribution in [1.82, 2.24) is 15.1 Å². The molecule has 1 unspecified atom stereocenters. The van der Waals surface area contributed by atoms with Crippen LogP contribution in [0, 0.1) is 29.9 Å². The number of rotatable bonds is 6. The van der Waals surface area contributed by atoms with Crippen molar-refractivity contribution in [3.05, 3.63) is 71.0 Å². The van der Waals surface area contributed by atoms with Crippen LogP contribution in [0.2, 0.25) is 0 Å². The molecule has 194 valence electrons. The number of alkyl halides is 3. The first-order valence-electron chi connectivity index (χ1n) is 12.0. The van der Waals surface area contributed by atoms with Crippen LogP contribution < -0.4 is 15.4 Å². The number of nitrogens with zero attached hydrogens (tertiary/aromatic N) is 3. The van der Waals surface area contributed by atoms with Crippen molar-refractivity contribution in [2.75, 3.05) is 5.32 Å². The number of pyridine rings is 1. The van der Waals surface area contributed by atoms with Crippen LogP contribution in [0.15, 0.2) is 48.8 Å².